The minimum Gasteiger partial charge on any atom is -0.347 e. The SMILES string of the molecule is CN1CC(=O)c2c(ccn2C)S1. The van der Waals surface area contributed by atoms with Crippen molar-refractivity contribution in [1.82, 2.24) is 8.87 Å². The van der Waals surface area contributed by atoms with Crippen LogP contribution >= 0.6 is 11.9 Å². The summed E-state index contributed by atoms with van der Waals surface area (Å²) in [5, 5.41) is 0. The van der Waals surface area contributed by atoms with Crippen molar-refractivity contribution in [2.24, 2.45) is 7.05 Å². The van der Waals surface area contributed by atoms with Crippen molar-refractivity contribution in [3.05, 3.63) is 18.0 Å². The molecule has 0 amide bonds. The molecule has 2 rings (SSSR count). The number of aryl methyl sites for hydroxylation is 1. The first-order chi connectivity index (χ1) is 5.68. The van der Waals surface area contributed by atoms with E-state index in [1.165, 1.54) is 0 Å². The molecule has 3 nitrogen and oxygen atoms in total. The van der Waals surface area contributed by atoms with Crippen molar-refractivity contribution in [2.75, 3.05) is 13.6 Å². The van der Waals surface area contributed by atoms with Gasteiger partial charge in [-0.15, -0.1) is 0 Å². The summed E-state index contributed by atoms with van der Waals surface area (Å²) in [5.41, 5.74) is 0.845. The second kappa shape index (κ2) is 2.64. The second-order valence-electron chi connectivity index (χ2n) is 2.94. The van der Waals surface area contributed by atoms with Gasteiger partial charge < -0.3 is 4.57 Å². The summed E-state index contributed by atoms with van der Waals surface area (Å²) < 4.78 is 3.84. The van der Waals surface area contributed by atoms with Crippen molar-refractivity contribution in [3.8, 4) is 0 Å². The van der Waals surface area contributed by atoms with Crippen LogP contribution < -0.4 is 0 Å². The number of rotatable bonds is 0. The number of ketones is 1. The van der Waals surface area contributed by atoms with Crippen LogP contribution in [-0.4, -0.2) is 28.2 Å². The minimum atomic E-state index is 0.207. The molecule has 0 N–H and O–H groups in total. The highest BCUT2D eigenvalue weighted by Crippen LogP contribution is 2.30. The number of carbonyl (C=O) groups excluding carboxylic acids is 1. The number of aromatic nitrogens is 1. The van der Waals surface area contributed by atoms with Crippen LogP contribution in [0.1, 0.15) is 10.5 Å². The van der Waals surface area contributed by atoms with Gasteiger partial charge in [-0.25, -0.2) is 4.31 Å². The Morgan fingerprint density at radius 2 is 2.25 bits per heavy atom. The fraction of sp³-hybridized carbons (Fsp3) is 0.375. The second-order valence-corrected chi connectivity index (χ2v) is 4.19. The number of likely N-dealkylation sites (N-methyl/N-ethyl adjacent to an activating group) is 1. The number of hydrogen-bond donors (Lipinski definition) is 0. The Balaban J connectivity index is 2.50. The van der Waals surface area contributed by atoms with E-state index in [1.807, 2.05) is 35.2 Å². The van der Waals surface area contributed by atoms with E-state index in [4.69, 9.17) is 0 Å². The zero-order valence-electron chi connectivity index (χ0n) is 7.07. The van der Waals surface area contributed by atoms with E-state index in [1.54, 1.807) is 11.9 Å². The highest BCUT2D eigenvalue weighted by atomic mass is 32.2. The maximum Gasteiger partial charge on any atom is 0.195 e. The lowest BCUT2D eigenvalue weighted by Crippen LogP contribution is -2.26. The summed E-state index contributed by atoms with van der Waals surface area (Å²) in [6.45, 7) is 0.509. The zero-order chi connectivity index (χ0) is 8.72. The average molecular weight is 182 g/mol. The Morgan fingerprint density at radius 3 is 3.00 bits per heavy atom. The lowest BCUT2D eigenvalue weighted by atomic mass is 10.3. The molecule has 0 spiro atoms. The van der Waals surface area contributed by atoms with E-state index in [0.29, 0.717) is 6.54 Å². The highest BCUT2D eigenvalue weighted by Gasteiger charge is 2.23. The van der Waals surface area contributed by atoms with Crippen LogP contribution in [0.15, 0.2) is 17.2 Å². The van der Waals surface area contributed by atoms with Crippen molar-refractivity contribution < 1.29 is 4.79 Å². The van der Waals surface area contributed by atoms with Crippen LogP contribution in [0, 0.1) is 0 Å². The molecular formula is C8H10N2OS. The van der Waals surface area contributed by atoms with Gasteiger partial charge >= 0.3 is 0 Å². The van der Waals surface area contributed by atoms with E-state index >= 15 is 0 Å². The predicted octanol–water partition coefficient (Wildman–Crippen LogP) is 1.16. The van der Waals surface area contributed by atoms with Gasteiger partial charge in [0.25, 0.3) is 0 Å². The molecule has 0 fully saturated rings. The van der Waals surface area contributed by atoms with Gasteiger partial charge in [0.05, 0.1) is 11.4 Å². The van der Waals surface area contributed by atoms with Gasteiger partial charge in [-0.05, 0) is 25.1 Å². The van der Waals surface area contributed by atoms with Crippen LogP contribution in [0.2, 0.25) is 0 Å². The van der Waals surface area contributed by atoms with Crippen LogP contribution in [0.5, 0.6) is 0 Å². The summed E-state index contributed by atoms with van der Waals surface area (Å²) in [6.07, 6.45) is 1.93. The predicted molar refractivity (Wildman–Crippen MR) is 48.2 cm³/mol. The van der Waals surface area contributed by atoms with Crippen molar-refractivity contribution in [2.45, 2.75) is 4.90 Å². The molecule has 1 aromatic heterocycles. The summed E-state index contributed by atoms with van der Waals surface area (Å²) >= 11 is 1.63. The molecule has 64 valence electrons. The minimum absolute atomic E-state index is 0.207. The van der Waals surface area contributed by atoms with E-state index < -0.39 is 0 Å². The van der Waals surface area contributed by atoms with Crippen LogP contribution in [0.3, 0.4) is 0 Å². The molecule has 0 bridgehead atoms. The monoisotopic (exact) mass is 182 g/mol. The number of nitrogens with zero attached hydrogens (tertiary/aromatic N) is 2. The summed E-state index contributed by atoms with van der Waals surface area (Å²) in [4.78, 5) is 12.6. The molecule has 4 heteroatoms. The van der Waals surface area contributed by atoms with Crippen molar-refractivity contribution >= 4 is 17.7 Å². The van der Waals surface area contributed by atoms with E-state index in [2.05, 4.69) is 0 Å². The van der Waals surface area contributed by atoms with Gasteiger partial charge in [-0.2, -0.15) is 0 Å². The molecule has 0 aliphatic carbocycles. The summed E-state index contributed by atoms with van der Waals surface area (Å²) in [5.74, 6) is 0.207. The van der Waals surface area contributed by atoms with Crippen molar-refractivity contribution in [3.63, 3.8) is 0 Å². The van der Waals surface area contributed by atoms with Crippen LogP contribution in [-0.2, 0) is 7.05 Å². The first-order valence-electron chi connectivity index (χ1n) is 3.76. The summed E-state index contributed by atoms with van der Waals surface area (Å²) in [6, 6.07) is 1.98. The third-order valence-electron chi connectivity index (χ3n) is 1.92. The van der Waals surface area contributed by atoms with Gasteiger partial charge in [-0.1, -0.05) is 0 Å². The zero-order valence-corrected chi connectivity index (χ0v) is 7.89. The Morgan fingerprint density at radius 1 is 1.50 bits per heavy atom. The smallest absolute Gasteiger partial charge is 0.195 e. The quantitative estimate of drug-likeness (QED) is 0.563. The van der Waals surface area contributed by atoms with E-state index in [-0.39, 0.29) is 5.78 Å². The van der Waals surface area contributed by atoms with Gasteiger partial charge in [-0.3, -0.25) is 4.79 Å². The molecule has 0 radical (unpaired) electrons. The standard InChI is InChI=1S/C8H10N2OS/c1-9-4-3-7-8(9)6(11)5-10(2)12-7/h3-4H,5H2,1-2H3. The molecule has 1 aliphatic heterocycles. The third-order valence-corrected chi connectivity index (χ3v) is 2.89. The lowest BCUT2D eigenvalue weighted by Gasteiger charge is -2.20. The van der Waals surface area contributed by atoms with E-state index in [0.717, 1.165) is 10.6 Å². The molecular weight excluding hydrogens is 172 g/mol. The number of Topliss-reactive ketones (excluding diaryl/α,β-unsaturated/α-hetero) is 1. The third kappa shape index (κ3) is 1.07. The maximum absolute atomic E-state index is 11.5. The molecule has 0 aromatic carbocycles. The summed E-state index contributed by atoms with van der Waals surface area (Å²) in [7, 11) is 3.83. The molecule has 1 aliphatic rings. The number of fused-ring (bicyclic) bond motifs is 1. The lowest BCUT2D eigenvalue weighted by molar-refractivity contribution is 0.0960. The largest absolute Gasteiger partial charge is 0.347 e. The Bertz CT molecular complexity index is 332. The van der Waals surface area contributed by atoms with E-state index in [9.17, 15) is 4.79 Å². The van der Waals surface area contributed by atoms with Crippen LogP contribution in [0.25, 0.3) is 0 Å². The first-order valence-corrected chi connectivity index (χ1v) is 4.53. The fourth-order valence-electron chi connectivity index (χ4n) is 1.39. The van der Waals surface area contributed by atoms with Gasteiger partial charge in [0.1, 0.15) is 5.69 Å². The maximum atomic E-state index is 11.5. The van der Waals surface area contributed by atoms with Crippen molar-refractivity contribution in [1.29, 1.82) is 0 Å². The molecule has 1 aromatic rings. The normalized spacial score (nSPS) is 18.0. The van der Waals surface area contributed by atoms with Gasteiger partial charge in [0.2, 0.25) is 0 Å². The molecule has 2 heterocycles. The average Bonchev–Trinajstić information content (AvgIpc) is 2.31. The number of carbonyl (C=O) groups is 1. The van der Waals surface area contributed by atoms with Crippen LogP contribution in [0.4, 0.5) is 0 Å². The molecule has 0 saturated carbocycles. The van der Waals surface area contributed by atoms with Gasteiger partial charge in [0, 0.05) is 13.2 Å². The topological polar surface area (TPSA) is 25.2 Å². The number of hydrogen-bond acceptors (Lipinski definition) is 3. The first kappa shape index (κ1) is 7.89. The molecule has 0 saturated heterocycles. The molecule has 0 unspecified atom stereocenters. The highest BCUT2D eigenvalue weighted by molar-refractivity contribution is 7.97. The fourth-order valence-corrected chi connectivity index (χ4v) is 2.38. The Labute approximate surface area is 75.5 Å². The molecule has 0 atom stereocenters. The van der Waals surface area contributed by atoms with Gasteiger partial charge in [0.15, 0.2) is 5.78 Å². The molecule has 12 heavy (non-hydrogen) atoms. The Kier molecular flexibility index (Phi) is 1.73. The Hall–Kier alpha value is -0.740.